The molecule has 1 saturated heterocycles. The molecule has 3 heteroatoms. The van der Waals surface area contributed by atoms with Crippen LogP contribution in [-0.2, 0) is 0 Å². The van der Waals surface area contributed by atoms with Gasteiger partial charge in [0.25, 0.3) is 0 Å². The van der Waals surface area contributed by atoms with Gasteiger partial charge in [-0.15, -0.1) is 11.3 Å². The van der Waals surface area contributed by atoms with E-state index in [2.05, 4.69) is 38.0 Å². The van der Waals surface area contributed by atoms with Crippen LogP contribution in [0.4, 0.5) is 0 Å². The van der Waals surface area contributed by atoms with Gasteiger partial charge in [-0.05, 0) is 19.3 Å². The summed E-state index contributed by atoms with van der Waals surface area (Å²) in [5.41, 5.74) is 1.61. The highest BCUT2D eigenvalue weighted by molar-refractivity contribution is 7.11. The lowest BCUT2D eigenvalue weighted by Crippen LogP contribution is -2.52. The van der Waals surface area contributed by atoms with E-state index in [1.54, 1.807) is 0 Å². The first-order chi connectivity index (χ1) is 6.00. The first-order valence-corrected chi connectivity index (χ1v) is 5.50. The average Bonchev–Trinajstić information content (AvgIpc) is 2.29. The number of hydrogen-bond donors (Lipinski definition) is 1. The Labute approximate surface area is 83.4 Å². The summed E-state index contributed by atoms with van der Waals surface area (Å²) < 4.78 is 0. The molecule has 2 nitrogen and oxygen atoms in total. The molecule has 2 rings (SSSR count). The van der Waals surface area contributed by atoms with Crippen LogP contribution in [0.15, 0.2) is 0 Å². The smallest absolute Gasteiger partial charge is 0.0900 e. The molecule has 0 spiro atoms. The van der Waals surface area contributed by atoms with Crippen molar-refractivity contribution >= 4 is 11.3 Å². The van der Waals surface area contributed by atoms with Gasteiger partial charge in [-0.2, -0.15) is 0 Å². The van der Waals surface area contributed by atoms with Gasteiger partial charge in [-0.1, -0.05) is 13.8 Å². The van der Waals surface area contributed by atoms with Crippen molar-refractivity contribution < 1.29 is 0 Å². The zero-order valence-corrected chi connectivity index (χ0v) is 9.46. The van der Waals surface area contributed by atoms with Crippen LogP contribution in [-0.4, -0.2) is 11.5 Å². The van der Waals surface area contributed by atoms with Crippen molar-refractivity contribution in [3.63, 3.8) is 0 Å². The summed E-state index contributed by atoms with van der Waals surface area (Å²) >= 11 is 1.83. The predicted octanol–water partition coefficient (Wildman–Crippen LogP) is 2.43. The Morgan fingerprint density at radius 2 is 2.15 bits per heavy atom. The van der Waals surface area contributed by atoms with Crippen molar-refractivity contribution in [1.29, 1.82) is 0 Å². The van der Waals surface area contributed by atoms with Gasteiger partial charge in [0.1, 0.15) is 0 Å². The Hall–Kier alpha value is -0.410. The molecule has 1 atom stereocenters. The molecule has 1 aromatic rings. The minimum atomic E-state index is 0.406. The minimum absolute atomic E-state index is 0.406. The molecule has 0 radical (unpaired) electrons. The number of nitrogens with one attached hydrogen (secondary N) is 1. The Bertz CT molecular complexity index is 328. The molecule has 1 fully saturated rings. The SMILES string of the molecule is Cc1nc(C)c(C2NCC2(C)C)s1. The highest BCUT2D eigenvalue weighted by atomic mass is 32.1. The largest absolute Gasteiger partial charge is 0.308 e. The third-order valence-corrected chi connectivity index (χ3v) is 3.88. The van der Waals surface area contributed by atoms with Crippen molar-refractivity contribution in [3.05, 3.63) is 15.6 Å². The minimum Gasteiger partial charge on any atom is -0.308 e. The van der Waals surface area contributed by atoms with Crippen LogP contribution in [0.25, 0.3) is 0 Å². The molecule has 1 aromatic heterocycles. The maximum Gasteiger partial charge on any atom is 0.0900 e. The third-order valence-electron chi connectivity index (χ3n) is 2.74. The highest BCUT2D eigenvalue weighted by Gasteiger charge is 2.40. The molecule has 0 saturated carbocycles. The van der Waals surface area contributed by atoms with E-state index in [0.717, 1.165) is 6.54 Å². The van der Waals surface area contributed by atoms with Crippen LogP contribution in [0.2, 0.25) is 0 Å². The fourth-order valence-electron chi connectivity index (χ4n) is 1.87. The second-order valence-electron chi connectivity index (χ2n) is 4.49. The van der Waals surface area contributed by atoms with Crippen LogP contribution < -0.4 is 5.32 Å². The number of hydrogen-bond acceptors (Lipinski definition) is 3. The van der Waals surface area contributed by atoms with Gasteiger partial charge in [0, 0.05) is 17.5 Å². The summed E-state index contributed by atoms with van der Waals surface area (Å²) in [6, 6.07) is 0.527. The van der Waals surface area contributed by atoms with Crippen LogP contribution in [0.1, 0.15) is 35.5 Å². The molecule has 0 bridgehead atoms. The molecule has 13 heavy (non-hydrogen) atoms. The standard InChI is InChI=1S/C10H16N2S/c1-6-8(13-7(2)12-6)9-10(3,4)5-11-9/h9,11H,5H2,1-4H3. The van der Waals surface area contributed by atoms with Crippen LogP contribution in [0, 0.1) is 19.3 Å². The Balaban J connectivity index is 2.31. The topological polar surface area (TPSA) is 24.9 Å². The van der Waals surface area contributed by atoms with Crippen molar-refractivity contribution in [2.75, 3.05) is 6.54 Å². The van der Waals surface area contributed by atoms with Crippen LogP contribution in [0.3, 0.4) is 0 Å². The molecule has 0 amide bonds. The number of aryl methyl sites for hydroxylation is 2. The van der Waals surface area contributed by atoms with Gasteiger partial charge >= 0.3 is 0 Å². The summed E-state index contributed by atoms with van der Waals surface area (Å²) in [6.07, 6.45) is 0. The number of nitrogens with zero attached hydrogens (tertiary/aromatic N) is 1. The third kappa shape index (κ3) is 1.40. The van der Waals surface area contributed by atoms with Gasteiger partial charge in [-0.25, -0.2) is 4.98 Å². The Morgan fingerprint density at radius 1 is 1.46 bits per heavy atom. The quantitative estimate of drug-likeness (QED) is 0.746. The van der Waals surface area contributed by atoms with Gasteiger partial charge in [0.05, 0.1) is 10.7 Å². The summed E-state index contributed by atoms with van der Waals surface area (Å²) in [4.78, 5) is 5.88. The summed E-state index contributed by atoms with van der Waals surface area (Å²) in [5.74, 6) is 0. The molecule has 0 aliphatic carbocycles. The fourth-order valence-corrected chi connectivity index (χ4v) is 3.09. The first-order valence-electron chi connectivity index (χ1n) is 4.68. The molecule has 1 aliphatic heterocycles. The number of aromatic nitrogens is 1. The maximum absolute atomic E-state index is 4.46. The normalized spacial score (nSPS) is 25.7. The molecule has 1 N–H and O–H groups in total. The van der Waals surface area contributed by atoms with E-state index < -0.39 is 0 Å². The summed E-state index contributed by atoms with van der Waals surface area (Å²) in [5, 5.41) is 4.65. The van der Waals surface area contributed by atoms with Crippen LogP contribution >= 0.6 is 11.3 Å². The summed E-state index contributed by atoms with van der Waals surface area (Å²) in [7, 11) is 0. The van der Waals surface area contributed by atoms with Crippen molar-refractivity contribution in [3.8, 4) is 0 Å². The van der Waals surface area contributed by atoms with Gasteiger partial charge in [-0.3, -0.25) is 0 Å². The highest BCUT2D eigenvalue weighted by Crippen LogP contribution is 2.43. The Morgan fingerprint density at radius 3 is 2.46 bits per heavy atom. The first kappa shape index (κ1) is 9.16. The van der Waals surface area contributed by atoms with E-state index in [9.17, 15) is 0 Å². The monoisotopic (exact) mass is 196 g/mol. The molecule has 0 aromatic carbocycles. The molecule has 1 unspecified atom stereocenters. The van der Waals surface area contributed by atoms with Gasteiger partial charge < -0.3 is 5.32 Å². The maximum atomic E-state index is 4.46. The number of thiazole rings is 1. The van der Waals surface area contributed by atoms with E-state index in [-0.39, 0.29) is 0 Å². The van der Waals surface area contributed by atoms with E-state index in [4.69, 9.17) is 0 Å². The molecule has 2 heterocycles. The number of rotatable bonds is 1. The molecular weight excluding hydrogens is 180 g/mol. The lowest BCUT2D eigenvalue weighted by Gasteiger charge is -2.45. The second-order valence-corrected chi connectivity index (χ2v) is 5.72. The molecular formula is C10H16N2S. The lowest BCUT2D eigenvalue weighted by atomic mass is 9.76. The Kier molecular flexibility index (Phi) is 1.96. The summed E-state index contributed by atoms with van der Waals surface area (Å²) in [6.45, 7) is 9.92. The second kappa shape index (κ2) is 2.79. The van der Waals surface area contributed by atoms with E-state index in [1.165, 1.54) is 15.6 Å². The van der Waals surface area contributed by atoms with Crippen molar-refractivity contribution in [2.24, 2.45) is 5.41 Å². The average molecular weight is 196 g/mol. The zero-order valence-electron chi connectivity index (χ0n) is 8.64. The van der Waals surface area contributed by atoms with E-state index in [1.807, 2.05) is 11.3 Å². The zero-order chi connectivity index (χ0) is 9.64. The van der Waals surface area contributed by atoms with E-state index >= 15 is 0 Å². The molecule has 72 valence electrons. The van der Waals surface area contributed by atoms with Gasteiger partial charge in [0.15, 0.2) is 0 Å². The van der Waals surface area contributed by atoms with Crippen LogP contribution in [0.5, 0.6) is 0 Å². The fraction of sp³-hybridized carbons (Fsp3) is 0.700. The molecule has 1 aliphatic rings. The van der Waals surface area contributed by atoms with Crippen molar-refractivity contribution in [1.82, 2.24) is 10.3 Å². The van der Waals surface area contributed by atoms with Crippen molar-refractivity contribution in [2.45, 2.75) is 33.7 Å². The van der Waals surface area contributed by atoms with Gasteiger partial charge in [0.2, 0.25) is 0 Å². The lowest BCUT2D eigenvalue weighted by molar-refractivity contribution is 0.130. The van der Waals surface area contributed by atoms with E-state index in [0.29, 0.717) is 11.5 Å². The predicted molar refractivity (Wildman–Crippen MR) is 56.1 cm³/mol.